The van der Waals surface area contributed by atoms with Crippen molar-refractivity contribution in [3.63, 3.8) is 0 Å². The van der Waals surface area contributed by atoms with E-state index >= 15 is 0 Å². The number of methoxy groups -OCH3 is 2. The van der Waals surface area contributed by atoms with Crippen molar-refractivity contribution in [3.05, 3.63) is 52.5 Å². The van der Waals surface area contributed by atoms with E-state index in [0.717, 1.165) is 17.9 Å². The predicted octanol–water partition coefficient (Wildman–Crippen LogP) is 4.05. The molecule has 0 fully saturated rings. The largest absolute Gasteiger partial charge is 0.497 e. The van der Waals surface area contributed by atoms with Crippen molar-refractivity contribution in [2.45, 2.75) is 20.0 Å². The van der Waals surface area contributed by atoms with Crippen molar-refractivity contribution >= 4 is 11.6 Å². The molecule has 2 aromatic rings. The third-order valence-corrected chi connectivity index (χ3v) is 3.79. The Morgan fingerprint density at radius 3 is 2.30 bits per heavy atom. The van der Waals surface area contributed by atoms with E-state index in [-0.39, 0.29) is 0 Å². The Morgan fingerprint density at radius 1 is 0.957 bits per heavy atom. The fourth-order valence-electron chi connectivity index (χ4n) is 2.23. The summed E-state index contributed by atoms with van der Waals surface area (Å²) in [5.41, 5.74) is 2.15. The summed E-state index contributed by atoms with van der Waals surface area (Å²) in [6.07, 6.45) is 0. The van der Waals surface area contributed by atoms with E-state index in [1.807, 2.05) is 37.3 Å². The molecular formula is C18H22ClNO3. The fraction of sp³-hybridized carbons (Fsp3) is 0.333. The molecule has 0 radical (unpaired) electrons. The lowest BCUT2D eigenvalue weighted by molar-refractivity contribution is 0.310. The number of halogens is 1. The number of ether oxygens (including phenoxy) is 3. The van der Waals surface area contributed by atoms with Gasteiger partial charge >= 0.3 is 0 Å². The first-order valence-corrected chi connectivity index (χ1v) is 7.88. The van der Waals surface area contributed by atoms with Crippen LogP contribution in [-0.4, -0.2) is 20.8 Å². The standard InChI is InChI=1S/C18H22ClNO3/c1-4-23-18-10-16(19)14(9-17(18)22-3)12-20-11-13-5-7-15(21-2)8-6-13/h5-10,20H,4,11-12H2,1-3H3. The van der Waals surface area contributed by atoms with Gasteiger partial charge in [0.25, 0.3) is 0 Å². The molecule has 0 bridgehead atoms. The average molecular weight is 336 g/mol. The summed E-state index contributed by atoms with van der Waals surface area (Å²) >= 11 is 6.32. The normalized spacial score (nSPS) is 10.4. The van der Waals surface area contributed by atoms with Gasteiger partial charge in [0.2, 0.25) is 0 Å². The van der Waals surface area contributed by atoms with Crippen molar-refractivity contribution in [2.75, 3.05) is 20.8 Å². The number of rotatable bonds is 8. The molecule has 4 nitrogen and oxygen atoms in total. The highest BCUT2D eigenvalue weighted by Crippen LogP contribution is 2.33. The van der Waals surface area contributed by atoms with Crippen LogP contribution < -0.4 is 19.5 Å². The van der Waals surface area contributed by atoms with Crippen LogP contribution >= 0.6 is 11.6 Å². The van der Waals surface area contributed by atoms with Crippen LogP contribution in [0.25, 0.3) is 0 Å². The third-order valence-electron chi connectivity index (χ3n) is 3.44. The Labute approximate surface area is 142 Å². The highest BCUT2D eigenvalue weighted by molar-refractivity contribution is 6.31. The van der Waals surface area contributed by atoms with Gasteiger partial charge in [-0.1, -0.05) is 23.7 Å². The van der Waals surface area contributed by atoms with Gasteiger partial charge in [0.05, 0.1) is 20.8 Å². The summed E-state index contributed by atoms with van der Waals surface area (Å²) in [6, 6.07) is 11.7. The molecule has 0 spiro atoms. The van der Waals surface area contributed by atoms with E-state index < -0.39 is 0 Å². The second-order valence-electron chi connectivity index (χ2n) is 4.98. The minimum absolute atomic E-state index is 0.571. The molecule has 0 saturated carbocycles. The van der Waals surface area contributed by atoms with E-state index in [9.17, 15) is 0 Å². The van der Waals surface area contributed by atoms with Crippen molar-refractivity contribution in [2.24, 2.45) is 0 Å². The van der Waals surface area contributed by atoms with Crippen LogP contribution in [0.1, 0.15) is 18.1 Å². The zero-order valence-corrected chi connectivity index (χ0v) is 14.4. The smallest absolute Gasteiger partial charge is 0.162 e. The SMILES string of the molecule is CCOc1cc(Cl)c(CNCc2ccc(OC)cc2)cc1OC. The first-order valence-electron chi connectivity index (χ1n) is 7.50. The molecule has 0 atom stereocenters. The van der Waals surface area contributed by atoms with Crippen LogP contribution in [0.4, 0.5) is 0 Å². The first kappa shape index (κ1) is 17.4. The Morgan fingerprint density at radius 2 is 1.70 bits per heavy atom. The minimum atomic E-state index is 0.571. The van der Waals surface area contributed by atoms with Crippen LogP contribution in [0.2, 0.25) is 5.02 Å². The average Bonchev–Trinajstić information content (AvgIpc) is 2.57. The van der Waals surface area contributed by atoms with E-state index in [2.05, 4.69) is 5.32 Å². The Bertz CT molecular complexity index is 629. The lowest BCUT2D eigenvalue weighted by Crippen LogP contribution is -2.13. The molecule has 0 saturated heterocycles. The molecular weight excluding hydrogens is 314 g/mol. The summed E-state index contributed by atoms with van der Waals surface area (Å²) in [6.45, 7) is 3.89. The van der Waals surface area contributed by atoms with Crippen LogP contribution in [-0.2, 0) is 13.1 Å². The Kier molecular flexibility index (Phi) is 6.56. The summed E-state index contributed by atoms with van der Waals surface area (Å²) < 4.78 is 16.0. The van der Waals surface area contributed by atoms with Crippen molar-refractivity contribution in [3.8, 4) is 17.2 Å². The van der Waals surface area contributed by atoms with E-state index in [0.29, 0.717) is 29.7 Å². The Hall–Kier alpha value is -1.91. The van der Waals surface area contributed by atoms with Crippen molar-refractivity contribution < 1.29 is 14.2 Å². The number of nitrogens with one attached hydrogen (secondary N) is 1. The monoisotopic (exact) mass is 335 g/mol. The second kappa shape index (κ2) is 8.65. The van der Waals surface area contributed by atoms with Gasteiger partial charge in [-0.3, -0.25) is 0 Å². The molecule has 0 heterocycles. The van der Waals surface area contributed by atoms with Gasteiger partial charge in [0.1, 0.15) is 5.75 Å². The quantitative estimate of drug-likeness (QED) is 0.790. The number of hydrogen-bond acceptors (Lipinski definition) is 4. The van der Waals surface area contributed by atoms with Crippen LogP contribution in [0.15, 0.2) is 36.4 Å². The molecule has 0 aliphatic heterocycles. The number of hydrogen-bond donors (Lipinski definition) is 1. The summed E-state index contributed by atoms with van der Waals surface area (Å²) in [4.78, 5) is 0. The third kappa shape index (κ3) is 4.78. The molecule has 0 amide bonds. The van der Waals surface area contributed by atoms with E-state index in [1.54, 1.807) is 20.3 Å². The molecule has 2 rings (SSSR count). The molecule has 1 N–H and O–H groups in total. The van der Waals surface area contributed by atoms with E-state index in [4.69, 9.17) is 25.8 Å². The summed E-state index contributed by atoms with van der Waals surface area (Å²) in [5.74, 6) is 2.21. The van der Waals surface area contributed by atoms with Gasteiger partial charge in [0.15, 0.2) is 11.5 Å². The molecule has 0 aromatic heterocycles. The minimum Gasteiger partial charge on any atom is -0.497 e. The predicted molar refractivity (Wildman–Crippen MR) is 92.7 cm³/mol. The maximum Gasteiger partial charge on any atom is 0.162 e. The van der Waals surface area contributed by atoms with Crippen LogP contribution in [0.5, 0.6) is 17.2 Å². The zero-order valence-electron chi connectivity index (χ0n) is 13.7. The lowest BCUT2D eigenvalue weighted by atomic mass is 10.1. The van der Waals surface area contributed by atoms with Gasteiger partial charge in [-0.05, 0) is 36.2 Å². The topological polar surface area (TPSA) is 39.7 Å². The Balaban J connectivity index is 1.99. The molecule has 2 aromatic carbocycles. The maximum absolute atomic E-state index is 6.32. The molecule has 23 heavy (non-hydrogen) atoms. The molecule has 5 heteroatoms. The van der Waals surface area contributed by atoms with E-state index in [1.165, 1.54) is 5.56 Å². The lowest BCUT2D eigenvalue weighted by Gasteiger charge is -2.13. The van der Waals surface area contributed by atoms with Crippen LogP contribution in [0, 0.1) is 0 Å². The van der Waals surface area contributed by atoms with Gasteiger partial charge in [-0.25, -0.2) is 0 Å². The fourth-order valence-corrected chi connectivity index (χ4v) is 2.45. The highest BCUT2D eigenvalue weighted by atomic mass is 35.5. The summed E-state index contributed by atoms with van der Waals surface area (Å²) in [7, 11) is 3.29. The zero-order chi connectivity index (χ0) is 16.7. The van der Waals surface area contributed by atoms with Crippen LogP contribution in [0.3, 0.4) is 0 Å². The van der Waals surface area contributed by atoms with Crippen molar-refractivity contribution in [1.82, 2.24) is 5.32 Å². The van der Waals surface area contributed by atoms with Crippen molar-refractivity contribution in [1.29, 1.82) is 0 Å². The van der Waals surface area contributed by atoms with Gasteiger partial charge < -0.3 is 19.5 Å². The highest BCUT2D eigenvalue weighted by Gasteiger charge is 2.10. The first-order chi connectivity index (χ1) is 11.2. The maximum atomic E-state index is 6.32. The molecule has 0 aliphatic rings. The number of benzene rings is 2. The van der Waals surface area contributed by atoms with Gasteiger partial charge in [-0.15, -0.1) is 0 Å². The molecule has 0 unspecified atom stereocenters. The summed E-state index contributed by atoms with van der Waals surface area (Å²) in [5, 5.41) is 4.04. The molecule has 124 valence electrons. The molecule has 0 aliphatic carbocycles. The second-order valence-corrected chi connectivity index (χ2v) is 5.39. The van der Waals surface area contributed by atoms with Gasteiger partial charge in [0, 0.05) is 24.2 Å². The van der Waals surface area contributed by atoms with Gasteiger partial charge in [-0.2, -0.15) is 0 Å².